The zero-order valence-corrected chi connectivity index (χ0v) is 9.52. The van der Waals surface area contributed by atoms with Gasteiger partial charge < -0.3 is 4.90 Å². The Hall–Kier alpha value is -0.720. The van der Waals surface area contributed by atoms with E-state index >= 15 is 0 Å². The number of allylic oxidation sites excluding steroid dienone is 3. The molecule has 13 heavy (non-hydrogen) atoms. The minimum Gasteiger partial charge on any atom is -0.380 e. The predicted molar refractivity (Wildman–Crippen MR) is 58.5 cm³/mol. The highest BCUT2D eigenvalue weighted by Gasteiger charge is 2.22. The van der Waals surface area contributed by atoms with Crippen LogP contribution in [0.1, 0.15) is 33.6 Å². The highest BCUT2D eigenvalue weighted by Crippen LogP contribution is 2.35. The van der Waals surface area contributed by atoms with Crippen LogP contribution in [0.4, 0.5) is 0 Å². The van der Waals surface area contributed by atoms with Crippen molar-refractivity contribution in [3.63, 3.8) is 0 Å². The monoisotopic (exact) mass is 179 g/mol. The lowest BCUT2D eigenvalue weighted by Crippen LogP contribution is -2.16. The Morgan fingerprint density at radius 2 is 1.85 bits per heavy atom. The second-order valence-electron chi connectivity index (χ2n) is 3.95. The average Bonchev–Trinajstić information content (AvgIpc) is 2.41. The molecule has 0 saturated heterocycles. The van der Waals surface area contributed by atoms with Gasteiger partial charge in [-0.05, 0) is 24.0 Å². The van der Waals surface area contributed by atoms with Crippen molar-refractivity contribution in [2.75, 3.05) is 14.1 Å². The van der Waals surface area contributed by atoms with E-state index in [1.165, 1.54) is 12.1 Å². The van der Waals surface area contributed by atoms with Crippen LogP contribution in [0.3, 0.4) is 0 Å². The summed E-state index contributed by atoms with van der Waals surface area (Å²) in [6, 6.07) is 0. The second-order valence-corrected chi connectivity index (χ2v) is 3.95. The topological polar surface area (TPSA) is 3.24 Å². The molecule has 0 aromatic carbocycles. The van der Waals surface area contributed by atoms with Gasteiger partial charge in [0.05, 0.1) is 0 Å². The summed E-state index contributed by atoms with van der Waals surface area (Å²) < 4.78 is 0. The van der Waals surface area contributed by atoms with Gasteiger partial charge in [0.15, 0.2) is 0 Å². The predicted octanol–water partition coefficient (Wildman–Crippen LogP) is 3.20. The number of rotatable bonds is 3. The summed E-state index contributed by atoms with van der Waals surface area (Å²) in [5.41, 5.74) is 4.64. The summed E-state index contributed by atoms with van der Waals surface area (Å²) in [5, 5.41) is 0. The maximum atomic E-state index is 2.41. The third-order valence-electron chi connectivity index (χ3n) is 2.80. The van der Waals surface area contributed by atoms with Crippen LogP contribution < -0.4 is 0 Å². The van der Waals surface area contributed by atoms with Gasteiger partial charge in [-0.15, -0.1) is 0 Å². The van der Waals surface area contributed by atoms with Crippen LogP contribution in [-0.2, 0) is 0 Å². The maximum Gasteiger partial charge on any atom is 0.0230 e. The minimum absolute atomic E-state index is 0.611. The van der Waals surface area contributed by atoms with E-state index in [1.807, 2.05) is 0 Å². The zero-order chi connectivity index (χ0) is 10.0. The summed E-state index contributed by atoms with van der Waals surface area (Å²) in [5.74, 6) is 0.611. The van der Waals surface area contributed by atoms with Gasteiger partial charge in [0.1, 0.15) is 0 Å². The molecule has 0 radical (unpaired) electrons. The number of nitrogens with zero attached hydrogens (tertiary/aromatic N) is 1. The maximum absolute atomic E-state index is 2.41. The van der Waals surface area contributed by atoms with E-state index in [2.05, 4.69) is 45.8 Å². The van der Waals surface area contributed by atoms with Crippen LogP contribution in [-0.4, -0.2) is 19.0 Å². The molecule has 0 aromatic heterocycles. The second kappa shape index (κ2) is 3.99. The molecule has 0 bridgehead atoms. The highest BCUT2D eigenvalue weighted by atomic mass is 15.1. The van der Waals surface area contributed by atoms with Crippen molar-refractivity contribution in [1.29, 1.82) is 0 Å². The first-order valence-corrected chi connectivity index (χ1v) is 5.23. The van der Waals surface area contributed by atoms with Crippen molar-refractivity contribution in [1.82, 2.24) is 4.90 Å². The molecule has 1 aliphatic rings. The van der Waals surface area contributed by atoms with Crippen molar-refractivity contribution in [3.8, 4) is 0 Å². The lowest BCUT2D eigenvalue weighted by molar-refractivity contribution is 0.461. The molecule has 0 spiro atoms. The fraction of sp³-hybridized carbons (Fsp3) is 0.667. The average molecular weight is 179 g/mol. The molecule has 1 atom stereocenters. The van der Waals surface area contributed by atoms with Gasteiger partial charge in [-0.3, -0.25) is 0 Å². The first-order chi connectivity index (χ1) is 6.11. The lowest BCUT2D eigenvalue weighted by atomic mass is 10.0. The van der Waals surface area contributed by atoms with Crippen LogP contribution in [0.5, 0.6) is 0 Å². The SMILES string of the molecule is CCC1=CC(C)C(N(C)C)=C1CC. The van der Waals surface area contributed by atoms with Crippen molar-refractivity contribution < 1.29 is 0 Å². The Bertz CT molecular complexity index is 246. The Labute approximate surface area is 82.1 Å². The molecule has 74 valence electrons. The van der Waals surface area contributed by atoms with Crippen LogP contribution >= 0.6 is 0 Å². The molecule has 1 unspecified atom stereocenters. The first-order valence-electron chi connectivity index (χ1n) is 5.23. The fourth-order valence-electron chi connectivity index (χ4n) is 2.34. The molecule has 0 heterocycles. The number of hydrogen-bond donors (Lipinski definition) is 0. The molecule has 0 amide bonds. The zero-order valence-electron chi connectivity index (χ0n) is 9.52. The molecule has 0 saturated carbocycles. The summed E-state index contributed by atoms with van der Waals surface area (Å²) in [4.78, 5) is 2.27. The standard InChI is InChI=1S/C12H21N/c1-6-10-8-9(3)12(13(4)5)11(10)7-2/h8-9H,6-7H2,1-5H3. The quantitative estimate of drug-likeness (QED) is 0.643. The van der Waals surface area contributed by atoms with E-state index in [0.29, 0.717) is 5.92 Å². The molecule has 0 N–H and O–H groups in total. The van der Waals surface area contributed by atoms with Crippen LogP contribution in [0.15, 0.2) is 22.9 Å². The van der Waals surface area contributed by atoms with E-state index in [0.717, 1.165) is 6.42 Å². The molecular formula is C12H21N. The Morgan fingerprint density at radius 1 is 1.23 bits per heavy atom. The van der Waals surface area contributed by atoms with Gasteiger partial charge in [0.2, 0.25) is 0 Å². The van der Waals surface area contributed by atoms with Gasteiger partial charge in [0.25, 0.3) is 0 Å². The van der Waals surface area contributed by atoms with Crippen molar-refractivity contribution in [2.24, 2.45) is 5.92 Å². The lowest BCUT2D eigenvalue weighted by Gasteiger charge is -2.21. The van der Waals surface area contributed by atoms with Crippen LogP contribution in [0, 0.1) is 5.92 Å². The molecule has 0 aromatic rings. The van der Waals surface area contributed by atoms with Crippen molar-refractivity contribution in [2.45, 2.75) is 33.6 Å². The normalized spacial score (nSPS) is 22.2. The van der Waals surface area contributed by atoms with Gasteiger partial charge in [-0.1, -0.05) is 26.8 Å². The molecule has 1 nitrogen and oxygen atoms in total. The Morgan fingerprint density at radius 3 is 2.23 bits per heavy atom. The van der Waals surface area contributed by atoms with Crippen LogP contribution in [0.25, 0.3) is 0 Å². The van der Waals surface area contributed by atoms with E-state index in [4.69, 9.17) is 0 Å². The molecule has 1 rings (SSSR count). The Balaban J connectivity index is 3.02. The largest absolute Gasteiger partial charge is 0.380 e. The van der Waals surface area contributed by atoms with Gasteiger partial charge >= 0.3 is 0 Å². The third-order valence-corrected chi connectivity index (χ3v) is 2.80. The van der Waals surface area contributed by atoms with Gasteiger partial charge in [-0.25, -0.2) is 0 Å². The molecule has 1 aliphatic carbocycles. The molecule has 1 heteroatoms. The smallest absolute Gasteiger partial charge is 0.0230 e. The summed E-state index contributed by atoms with van der Waals surface area (Å²) in [7, 11) is 4.29. The van der Waals surface area contributed by atoms with E-state index in [1.54, 1.807) is 11.1 Å². The van der Waals surface area contributed by atoms with E-state index in [9.17, 15) is 0 Å². The summed E-state index contributed by atoms with van der Waals surface area (Å²) in [6.45, 7) is 6.78. The Kier molecular flexibility index (Phi) is 3.18. The number of hydrogen-bond acceptors (Lipinski definition) is 1. The van der Waals surface area contributed by atoms with Crippen LogP contribution in [0.2, 0.25) is 0 Å². The fourth-order valence-corrected chi connectivity index (χ4v) is 2.34. The van der Waals surface area contributed by atoms with Crippen molar-refractivity contribution in [3.05, 3.63) is 22.9 Å². The summed E-state index contributed by atoms with van der Waals surface area (Å²) >= 11 is 0. The third kappa shape index (κ3) is 1.79. The minimum atomic E-state index is 0.611. The van der Waals surface area contributed by atoms with Crippen molar-refractivity contribution >= 4 is 0 Å². The highest BCUT2D eigenvalue weighted by molar-refractivity contribution is 5.43. The molecule has 0 fully saturated rings. The summed E-state index contributed by atoms with van der Waals surface area (Å²) in [6.07, 6.45) is 4.75. The molecular weight excluding hydrogens is 158 g/mol. The van der Waals surface area contributed by atoms with E-state index in [-0.39, 0.29) is 0 Å². The van der Waals surface area contributed by atoms with Gasteiger partial charge in [-0.2, -0.15) is 0 Å². The van der Waals surface area contributed by atoms with E-state index < -0.39 is 0 Å². The first kappa shape index (κ1) is 10.4. The van der Waals surface area contributed by atoms with Gasteiger partial charge in [0, 0.05) is 25.7 Å². The molecule has 0 aliphatic heterocycles.